The molecule has 1 aliphatic rings. The van der Waals surface area contributed by atoms with Crippen molar-refractivity contribution in [2.45, 2.75) is 38.9 Å². The molecule has 154 valence electrons. The maximum atomic E-state index is 13.2. The molecule has 0 saturated carbocycles. The predicted molar refractivity (Wildman–Crippen MR) is 109 cm³/mol. The molecule has 7 nitrogen and oxygen atoms in total. The largest absolute Gasteiger partial charge is 0.480 e. The number of rotatable bonds is 7. The van der Waals surface area contributed by atoms with Gasteiger partial charge in [0.2, 0.25) is 0 Å². The zero-order valence-corrected chi connectivity index (χ0v) is 16.9. The van der Waals surface area contributed by atoms with Crippen LogP contribution in [-0.2, 0) is 22.6 Å². The lowest BCUT2D eigenvalue weighted by Gasteiger charge is -2.24. The topological polar surface area (TPSA) is 102 Å². The van der Waals surface area contributed by atoms with Crippen LogP contribution in [0.1, 0.15) is 30.5 Å². The Morgan fingerprint density at radius 1 is 1.07 bits per heavy atom. The van der Waals surface area contributed by atoms with Crippen LogP contribution < -0.4 is 0 Å². The molecule has 0 aromatic heterocycles. The van der Waals surface area contributed by atoms with Gasteiger partial charge in [0.05, 0.1) is 11.6 Å². The fraction of sp³-hybridized carbons (Fsp3) is 0.304. The van der Waals surface area contributed by atoms with E-state index in [1.54, 1.807) is 48.5 Å². The molecule has 1 heterocycles. The molecule has 0 radical (unpaired) electrons. The molecule has 0 bridgehead atoms. The molecule has 0 aliphatic carbocycles. The highest BCUT2D eigenvalue weighted by Gasteiger charge is 2.50. The van der Waals surface area contributed by atoms with Crippen LogP contribution in [0.15, 0.2) is 54.6 Å². The predicted octanol–water partition coefficient (Wildman–Crippen LogP) is 3.04. The average Bonchev–Trinajstić information content (AvgIpc) is 2.97. The monoisotopic (exact) mass is 405 g/mol. The Labute approximate surface area is 175 Å². The Kier molecular flexibility index (Phi) is 6.17. The van der Waals surface area contributed by atoms with Crippen molar-refractivity contribution in [3.63, 3.8) is 0 Å². The normalized spacial score (nSPS) is 17.3. The molecule has 1 aliphatic heterocycles. The third-order valence-electron chi connectivity index (χ3n) is 5.21. The standard InChI is InChI=1S/C23H23N3O4/c1-15(2)20-21(27)26(19(22(28)29)12-16-6-4-3-5-7-16)23(30)25(20)14-18-10-8-17(13-24)9-11-18/h3-11,15,19-20H,12,14H2,1-2H3,(H,28,29). The number of carboxylic acids is 1. The minimum Gasteiger partial charge on any atom is -0.480 e. The van der Waals surface area contributed by atoms with Crippen LogP contribution in [0.5, 0.6) is 0 Å². The first kappa shape index (κ1) is 21.1. The van der Waals surface area contributed by atoms with E-state index < -0.39 is 30.0 Å². The number of amides is 3. The van der Waals surface area contributed by atoms with Gasteiger partial charge in [-0.3, -0.25) is 4.79 Å². The van der Waals surface area contributed by atoms with Gasteiger partial charge in [0, 0.05) is 13.0 Å². The third kappa shape index (κ3) is 4.18. The van der Waals surface area contributed by atoms with Crippen molar-refractivity contribution in [2.24, 2.45) is 5.92 Å². The van der Waals surface area contributed by atoms with E-state index in [1.165, 1.54) is 4.90 Å². The van der Waals surface area contributed by atoms with E-state index in [0.717, 1.165) is 16.0 Å². The summed E-state index contributed by atoms with van der Waals surface area (Å²) in [5.74, 6) is -1.90. The highest BCUT2D eigenvalue weighted by atomic mass is 16.4. The molecule has 3 rings (SSSR count). The van der Waals surface area contributed by atoms with Crippen LogP contribution in [0.25, 0.3) is 0 Å². The molecule has 1 fully saturated rings. The minimum atomic E-state index is -1.28. The lowest BCUT2D eigenvalue weighted by atomic mass is 10.0. The second kappa shape index (κ2) is 8.78. The summed E-state index contributed by atoms with van der Waals surface area (Å²) in [5.41, 5.74) is 1.99. The van der Waals surface area contributed by atoms with Gasteiger partial charge in [-0.15, -0.1) is 0 Å². The summed E-state index contributed by atoms with van der Waals surface area (Å²) in [6, 6.07) is 15.1. The number of benzene rings is 2. The summed E-state index contributed by atoms with van der Waals surface area (Å²) >= 11 is 0. The number of urea groups is 1. The van der Waals surface area contributed by atoms with Crippen molar-refractivity contribution < 1.29 is 19.5 Å². The van der Waals surface area contributed by atoms with Crippen molar-refractivity contribution in [2.75, 3.05) is 0 Å². The number of imide groups is 1. The Morgan fingerprint density at radius 3 is 2.23 bits per heavy atom. The van der Waals surface area contributed by atoms with E-state index in [2.05, 4.69) is 0 Å². The summed E-state index contributed by atoms with van der Waals surface area (Å²) in [4.78, 5) is 40.7. The van der Waals surface area contributed by atoms with Gasteiger partial charge in [-0.05, 0) is 29.2 Å². The number of carbonyl (C=O) groups excluding carboxylic acids is 2. The molecule has 2 aromatic rings. The van der Waals surface area contributed by atoms with Gasteiger partial charge in [0.25, 0.3) is 5.91 Å². The Hall–Kier alpha value is -3.66. The van der Waals surface area contributed by atoms with E-state index in [4.69, 9.17) is 5.26 Å². The minimum absolute atomic E-state index is 0.0448. The van der Waals surface area contributed by atoms with Crippen molar-refractivity contribution in [3.05, 3.63) is 71.3 Å². The number of carbonyl (C=O) groups is 3. The smallest absolute Gasteiger partial charge is 0.328 e. The molecule has 2 atom stereocenters. The number of carboxylic acid groups (broad SMARTS) is 1. The van der Waals surface area contributed by atoms with Crippen LogP contribution in [0.3, 0.4) is 0 Å². The van der Waals surface area contributed by atoms with Gasteiger partial charge < -0.3 is 10.0 Å². The number of hydrogen-bond donors (Lipinski definition) is 1. The van der Waals surface area contributed by atoms with E-state index in [0.29, 0.717) is 5.56 Å². The summed E-state index contributed by atoms with van der Waals surface area (Å²) in [6.45, 7) is 3.82. The molecule has 30 heavy (non-hydrogen) atoms. The molecule has 0 spiro atoms. The van der Waals surface area contributed by atoms with Gasteiger partial charge in [-0.1, -0.05) is 56.3 Å². The van der Waals surface area contributed by atoms with E-state index >= 15 is 0 Å². The van der Waals surface area contributed by atoms with Crippen LogP contribution in [-0.4, -0.2) is 44.9 Å². The van der Waals surface area contributed by atoms with Crippen molar-refractivity contribution in [1.29, 1.82) is 5.26 Å². The number of nitriles is 1. The summed E-state index contributed by atoms with van der Waals surface area (Å²) in [7, 11) is 0. The molecule has 2 unspecified atom stereocenters. The molecule has 1 N–H and O–H groups in total. The van der Waals surface area contributed by atoms with Crippen molar-refractivity contribution in [3.8, 4) is 6.07 Å². The van der Waals surface area contributed by atoms with E-state index in [-0.39, 0.29) is 18.9 Å². The maximum absolute atomic E-state index is 13.2. The Morgan fingerprint density at radius 2 is 1.70 bits per heavy atom. The SMILES string of the molecule is CC(C)C1C(=O)N(C(Cc2ccccc2)C(=O)O)C(=O)N1Cc1ccc(C#N)cc1. The highest BCUT2D eigenvalue weighted by molar-refractivity contribution is 6.07. The first-order chi connectivity index (χ1) is 14.3. The Bertz CT molecular complexity index is 980. The second-order valence-corrected chi connectivity index (χ2v) is 7.66. The van der Waals surface area contributed by atoms with Gasteiger partial charge in [-0.25, -0.2) is 14.5 Å². The summed E-state index contributed by atoms with van der Waals surface area (Å²) < 4.78 is 0. The lowest BCUT2D eigenvalue weighted by Crippen LogP contribution is -2.47. The first-order valence-corrected chi connectivity index (χ1v) is 9.73. The zero-order chi connectivity index (χ0) is 21.8. The maximum Gasteiger partial charge on any atom is 0.328 e. The molecule has 1 saturated heterocycles. The highest BCUT2D eigenvalue weighted by Crippen LogP contribution is 2.28. The quantitative estimate of drug-likeness (QED) is 0.714. The van der Waals surface area contributed by atoms with Gasteiger partial charge in [0.15, 0.2) is 0 Å². The van der Waals surface area contributed by atoms with Crippen LogP contribution in [0, 0.1) is 17.2 Å². The van der Waals surface area contributed by atoms with E-state index in [1.807, 2.05) is 26.0 Å². The molecular weight excluding hydrogens is 382 g/mol. The number of nitrogens with zero attached hydrogens (tertiary/aromatic N) is 3. The number of hydrogen-bond acceptors (Lipinski definition) is 4. The van der Waals surface area contributed by atoms with Gasteiger partial charge in [-0.2, -0.15) is 5.26 Å². The van der Waals surface area contributed by atoms with E-state index in [9.17, 15) is 19.5 Å². The van der Waals surface area contributed by atoms with Gasteiger partial charge >= 0.3 is 12.0 Å². The van der Waals surface area contributed by atoms with Gasteiger partial charge in [0.1, 0.15) is 12.1 Å². The third-order valence-corrected chi connectivity index (χ3v) is 5.21. The molecule has 3 amide bonds. The van der Waals surface area contributed by atoms with Crippen LogP contribution >= 0.6 is 0 Å². The Balaban J connectivity index is 1.91. The second-order valence-electron chi connectivity index (χ2n) is 7.66. The number of aliphatic carboxylic acids is 1. The first-order valence-electron chi connectivity index (χ1n) is 9.73. The fourth-order valence-electron chi connectivity index (χ4n) is 3.73. The fourth-order valence-corrected chi connectivity index (χ4v) is 3.73. The van der Waals surface area contributed by atoms with Crippen molar-refractivity contribution >= 4 is 17.9 Å². The van der Waals surface area contributed by atoms with Crippen LogP contribution in [0.4, 0.5) is 4.79 Å². The van der Waals surface area contributed by atoms with Crippen molar-refractivity contribution in [1.82, 2.24) is 9.80 Å². The lowest BCUT2D eigenvalue weighted by molar-refractivity contribution is -0.147. The summed E-state index contributed by atoms with van der Waals surface area (Å²) in [6.07, 6.45) is 0.0448. The zero-order valence-electron chi connectivity index (χ0n) is 16.9. The summed E-state index contributed by atoms with van der Waals surface area (Å²) in [5, 5.41) is 18.7. The van der Waals surface area contributed by atoms with Crippen LogP contribution in [0.2, 0.25) is 0 Å². The molecule has 7 heteroatoms. The average molecular weight is 405 g/mol. The molecular formula is C23H23N3O4. The molecule has 2 aromatic carbocycles.